The monoisotopic (exact) mass is 396 g/mol. The Morgan fingerprint density at radius 3 is 2.68 bits per heavy atom. The van der Waals surface area contributed by atoms with Gasteiger partial charge in [0.2, 0.25) is 0 Å². The number of aryl methyl sites for hydroxylation is 1. The maximum Gasteiger partial charge on any atom is 0.273 e. The second-order valence-electron chi connectivity index (χ2n) is 6.98. The van der Waals surface area contributed by atoms with Crippen molar-refractivity contribution in [3.63, 3.8) is 0 Å². The fraction of sp³-hybridized carbons (Fsp3) is 0.273. The molecule has 1 aliphatic rings. The maximum absolute atomic E-state index is 14.0. The van der Waals surface area contributed by atoms with Crippen LogP contribution in [0.15, 0.2) is 53.9 Å². The number of nitrogens with zero attached hydrogens (tertiary/aromatic N) is 2. The van der Waals surface area contributed by atoms with Crippen LogP contribution in [0.2, 0.25) is 0 Å². The summed E-state index contributed by atoms with van der Waals surface area (Å²) in [5, 5.41) is 2.50. The lowest BCUT2D eigenvalue weighted by Crippen LogP contribution is -2.33. The molecule has 1 fully saturated rings. The Morgan fingerprint density at radius 2 is 1.96 bits per heavy atom. The molecule has 4 nitrogen and oxygen atoms in total. The van der Waals surface area contributed by atoms with Gasteiger partial charge in [0.1, 0.15) is 28.9 Å². The van der Waals surface area contributed by atoms with Crippen molar-refractivity contribution in [3.05, 3.63) is 81.6 Å². The Kier molecular flexibility index (Phi) is 5.39. The topological polar surface area (TPSA) is 42.4 Å². The van der Waals surface area contributed by atoms with Gasteiger partial charge in [0.25, 0.3) is 5.91 Å². The lowest BCUT2D eigenvalue weighted by molar-refractivity contribution is 0.0722. The van der Waals surface area contributed by atoms with E-state index in [1.165, 1.54) is 23.0 Å². The zero-order valence-corrected chi connectivity index (χ0v) is 16.4. The number of thiazole rings is 1. The molecular weight excluding hydrogens is 375 g/mol. The molecule has 1 aliphatic carbocycles. The number of benzene rings is 2. The Labute approximate surface area is 167 Å². The van der Waals surface area contributed by atoms with Crippen molar-refractivity contribution < 1.29 is 13.9 Å². The fourth-order valence-electron chi connectivity index (χ4n) is 2.97. The standard InChI is InChI=1S/C22H21FN2O2S/c1-15-6-10-18(11-7-15)27-13-21-24-20(14-28-21)22(26)25(17-8-9-17)12-16-4-2-3-5-19(16)23/h2-7,10-11,14,17H,8-9,12-13H2,1H3. The highest BCUT2D eigenvalue weighted by molar-refractivity contribution is 7.09. The molecule has 0 spiro atoms. The first kappa shape index (κ1) is 18.6. The van der Waals surface area contributed by atoms with Gasteiger partial charge >= 0.3 is 0 Å². The molecule has 28 heavy (non-hydrogen) atoms. The number of aromatic nitrogens is 1. The van der Waals surface area contributed by atoms with Crippen LogP contribution in [0.3, 0.4) is 0 Å². The summed E-state index contributed by atoms with van der Waals surface area (Å²) in [6, 6.07) is 14.6. The number of carbonyl (C=O) groups is 1. The number of carbonyl (C=O) groups excluding carboxylic acids is 1. The van der Waals surface area contributed by atoms with Gasteiger partial charge in [0, 0.05) is 23.5 Å². The Balaban J connectivity index is 1.43. The van der Waals surface area contributed by atoms with Gasteiger partial charge in [0.15, 0.2) is 0 Å². The van der Waals surface area contributed by atoms with E-state index in [0.717, 1.165) is 23.6 Å². The van der Waals surface area contributed by atoms with E-state index in [4.69, 9.17) is 4.74 Å². The maximum atomic E-state index is 14.0. The average molecular weight is 396 g/mol. The normalized spacial score (nSPS) is 13.4. The number of rotatable bonds is 7. The first-order chi connectivity index (χ1) is 13.6. The van der Waals surface area contributed by atoms with Crippen LogP contribution in [-0.4, -0.2) is 21.8 Å². The summed E-state index contributed by atoms with van der Waals surface area (Å²) in [7, 11) is 0. The van der Waals surface area contributed by atoms with Crippen LogP contribution in [0.25, 0.3) is 0 Å². The molecule has 4 rings (SSSR count). The molecule has 0 atom stereocenters. The van der Waals surface area contributed by atoms with Crippen LogP contribution in [0.4, 0.5) is 4.39 Å². The van der Waals surface area contributed by atoms with Crippen LogP contribution < -0.4 is 4.74 Å². The molecule has 144 valence electrons. The molecule has 1 saturated carbocycles. The summed E-state index contributed by atoms with van der Waals surface area (Å²) in [6.45, 7) is 2.61. The van der Waals surface area contributed by atoms with Crippen LogP contribution in [0.1, 0.15) is 39.5 Å². The highest BCUT2D eigenvalue weighted by Crippen LogP contribution is 2.30. The van der Waals surface area contributed by atoms with E-state index in [9.17, 15) is 9.18 Å². The van der Waals surface area contributed by atoms with Crippen molar-refractivity contribution in [1.29, 1.82) is 0 Å². The van der Waals surface area contributed by atoms with Gasteiger partial charge in [-0.3, -0.25) is 4.79 Å². The summed E-state index contributed by atoms with van der Waals surface area (Å²) in [6.07, 6.45) is 1.90. The summed E-state index contributed by atoms with van der Waals surface area (Å²) < 4.78 is 19.8. The zero-order valence-electron chi connectivity index (χ0n) is 15.6. The SMILES string of the molecule is Cc1ccc(OCc2nc(C(=O)N(Cc3ccccc3F)C3CC3)cs2)cc1. The van der Waals surface area contributed by atoms with Crippen molar-refractivity contribution in [3.8, 4) is 5.75 Å². The van der Waals surface area contributed by atoms with Gasteiger partial charge in [-0.25, -0.2) is 9.37 Å². The minimum atomic E-state index is -0.286. The molecule has 2 aromatic carbocycles. The number of ether oxygens (including phenoxy) is 1. The van der Waals surface area contributed by atoms with Crippen molar-refractivity contribution in [2.45, 2.75) is 39.0 Å². The minimum absolute atomic E-state index is 0.149. The number of amides is 1. The highest BCUT2D eigenvalue weighted by atomic mass is 32.1. The Hall–Kier alpha value is -2.73. The van der Waals surface area contributed by atoms with Crippen molar-refractivity contribution in [2.75, 3.05) is 0 Å². The van der Waals surface area contributed by atoms with Crippen LogP contribution in [0.5, 0.6) is 5.75 Å². The quantitative estimate of drug-likeness (QED) is 0.566. The van der Waals surface area contributed by atoms with Crippen LogP contribution in [-0.2, 0) is 13.2 Å². The van der Waals surface area contributed by atoms with E-state index in [1.54, 1.807) is 28.5 Å². The van der Waals surface area contributed by atoms with Crippen molar-refractivity contribution in [1.82, 2.24) is 9.88 Å². The summed E-state index contributed by atoms with van der Waals surface area (Å²) in [4.78, 5) is 19.2. The van der Waals surface area contributed by atoms with Crippen molar-refractivity contribution in [2.24, 2.45) is 0 Å². The third-order valence-electron chi connectivity index (χ3n) is 4.70. The second-order valence-corrected chi connectivity index (χ2v) is 7.93. The summed E-state index contributed by atoms with van der Waals surface area (Å²) in [5.41, 5.74) is 2.10. The van der Waals surface area contributed by atoms with E-state index in [-0.39, 0.29) is 24.3 Å². The Bertz CT molecular complexity index is 967. The zero-order chi connectivity index (χ0) is 19.5. The van der Waals surface area contributed by atoms with Gasteiger partial charge in [-0.1, -0.05) is 35.9 Å². The van der Waals surface area contributed by atoms with Gasteiger partial charge in [-0.15, -0.1) is 11.3 Å². The van der Waals surface area contributed by atoms with E-state index in [2.05, 4.69) is 4.98 Å². The predicted octanol–water partition coefficient (Wildman–Crippen LogP) is 4.97. The Morgan fingerprint density at radius 1 is 1.21 bits per heavy atom. The van der Waals surface area contributed by atoms with Crippen molar-refractivity contribution >= 4 is 17.2 Å². The second kappa shape index (κ2) is 8.10. The fourth-order valence-corrected chi connectivity index (χ4v) is 3.64. The van der Waals surface area contributed by atoms with E-state index in [1.807, 2.05) is 31.2 Å². The summed E-state index contributed by atoms with van der Waals surface area (Å²) >= 11 is 1.40. The number of hydrogen-bond acceptors (Lipinski definition) is 4. The molecular formula is C22H21FN2O2S. The highest BCUT2D eigenvalue weighted by Gasteiger charge is 2.34. The molecule has 0 unspecified atom stereocenters. The lowest BCUT2D eigenvalue weighted by Gasteiger charge is -2.21. The third-order valence-corrected chi connectivity index (χ3v) is 5.52. The molecule has 1 aromatic heterocycles. The number of hydrogen-bond donors (Lipinski definition) is 0. The molecule has 0 N–H and O–H groups in total. The van der Waals surface area contributed by atoms with Gasteiger partial charge in [0.05, 0.1) is 0 Å². The summed E-state index contributed by atoms with van der Waals surface area (Å²) in [5.74, 6) is 0.336. The molecule has 3 aromatic rings. The third kappa shape index (κ3) is 4.39. The van der Waals surface area contributed by atoms with Gasteiger partial charge in [-0.05, 0) is 38.0 Å². The molecule has 0 aliphatic heterocycles. The average Bonchev–Trinajstić information content (AvgIpc) is 3.43. The molecule has 1 heterocycles. The molecule has 0 bridgehead atoms. The number of halogens is 1. The van der Waals surface area contributed by atoms with Gasteiger partial charge in [-0.2, -0.15) is 0 Å². The predicted molar refractivity (Wildman–Crippen MR) is 107 cm³/mol. The molecule has 0 radical (unpaired) electrons. The first-order valence-electron chi connectivity index (χ1n) is 9.28. The van der Waals surface area contributed by atoms with E-state index < -0.39 is 0 Å². The smallest absolute Gasteiger partial charge is 0.273 e. The van der Waals surface area contributed by atoms with E-state index >= 15 is 0 Å². The van der Waals surface area contributed by atoms with Gasteiger partial charge < -0.3 is 9.64 Å². The molecule has 0 saturated heterocycles. The first-order valence-corrected chi connectivity index (χ1v) is 10.2. The largest absolute Gasteiger partial charge is 0.486 e. The lowest BCUT2D eigenvalue weighted by atomic mass is 10.2. The van der Waals surface area contributed by atoms with Crippen LogP contribution in [0, 0.1) is 12.7 Å². The molecule has 6 heteroatoms. The van der Waals surface area contributed by atoms with E-state index in [0.29, 0.717) is 17.9 Å². The van der Waals surface area contributed by atoms with Crippen LogP contribution >= 0.6 is 11.3 Å². The molecule has 1 amide bonds. The minimum Gasteiger partial charge on any atom is -0.486 e.